The second kappa shape index (κ2) is 5.99. The van der Waals surface area contributed by atoms with Crippen molar-refractivity contribution < 1.29 is 19.5 Å². The predicted molar refractivity (Wildman–Crippen MR) is 70.1 cm³/mol. The van der Waals surface area contributed by atoms with E-state index >= 15 is 0 Å². The van der Waals surface area contributed by atoms with Crippen LogP contribution in [0.25, 0.3) is 0 Å². The molecule has 0 aliphatic heterocycles. The molecule has 0 aliphatic carbocycles. The van der Waals surface area contributed by atoms with Crippen LogP contribution in [0, 0.1) is 6.92 Å². The molecule has 102 valence electrons. The highest BCUT2D eigenvalue weighted by molar-refractivity contribution is 5.99. The number of aliphatic carboxylic acids is 1. The summed E-state index contributed by atoms with van der Waals surface area (Å²) in [5.74, 6) is -1.71. The third kappa shape index (κ3) is 4.09. The Balaban J connectivity index is 3.01. The minimum atomic E-state index is -1.08. The third-order valence-corrected chi connectivity index (χ3v) is 2.51. The molecule has 6 nitrogen and oxygen atoms in total. The van der Waals surface area contributed by atoms with Crippen LogP contribution >= 0.6 is 0 Å². The van der Waals surface area contributed by atoms with Crippen LogP contribution in [0.1, 0.15) is 22.8 Å². The van der Waals surface area contributed by atoms with Crippen molar-refractivity contribution in [3.63, 3.8) is 0 Å². The number of carboxylic acids is 1. The molecule has 0 aliphatic rings. The van der Waals surface area contributed by atoms with Crippen molar-refractivity contribution in [2.24, 2.45) is 0 Å². The van der Waals surface area contributed by atoms with Crippen molar-refractivity contribution in [3.05, 3.63) is 29.3 Å². The van der Waals surface area contributed by atoms with Gasteiger partial charge in [-0.1, -0.05) is 6.07 Å². The number of carboxylic acid groups (broad SMARTS) is 1. The Labute approximate surface area is 111 Å². The van der Waals surface area contributed by atoms with E-state index in [0.29, 0.717) is 11.3 Å². The van der Waals surface area contributed by atoms with Crippen molar-refractivity contribution in [1.82, 2.24) is 4.90 Å². The van der Waals surface area contributed by atoms with E-state index in [2.05, 4.69) is 5.32 Å². The molecule has 0 bridgehead atoms. The van der Waals surface area contributed by atoms with Crippen LogP contribution in [0.5, 0.6) is 0 Å². The van der Waals surface area contributed by atoms with Crippen LogP contribution in [0.2, 0.25) is 0 Å². The molecule has 0 saturated heterocycles. The van der Waals surface area contributed by atoms with Crippen LogP contribution in [0.3, 0.4) is 0 Å². The van der Waals surface area contributed by atoms with Gasteiger partial charge in [0, 0.05) is 25.2 Å². The minimum Gasteiger partial charge on any atom is -0.480 e. The van der Waals surface area contributed by atoms with Crippen molar-refractivity contribution in [2.45, 2.75) is 13.8 Å². The lowest BCUT2D eigenvalue weighted by atomic mass is 10.1. The molecule has 1 rings (SSSR count). The molecule has 1 aromatic rings. The summed E-state index contributed by atoms with van der Waals surface area (Å²) >= 11 is 0. The molecule has 1 aromatic carbocycles. The zero-order chi connectivity index (χ0) is 14.6. The molecule has 6 heteroatoms. The van der Waals surface area contributed by atoms with Gasteiger partial charge < -0.3 is 15.3 Å². The highest BCUT2D eigenvalue weighted by Gasteiger charge is 2.17. The van der Waals surface area contributed by atoms with Gasteiger partial charge in [-0.2, -0.15) is 0 Å². The van der Waals surface area contributed by atoms with E-state index in [0.717, 1.165) is 10.5 Å². The standard InChI is InChI=1S/C13H16N2O4/c1-8-4-5-10(14-9(2)16)6-11(8)13(19)15(3)7-12(17)18/h4-6H,7H2,1-3H3,(H,14,16)(H,17,18). The van der Waals surface area contributed by atoms with Gasteiger partial charge in [0.1, 0.15) is 6.54 Å². The average molecular weight is 264 g/mol. The maximum absolute atomic E-state index is 12.1. The maximum atomic E-state index is 12.1. The summed E-state index contributed by atoms with van der Waals surface area (Å²) in [6, 6.07) is 4.93. The summed E-state index contributed by atoms with van der Waals surface area (Å²) in [5, 5.41) is 11.3. The first-order valence-electron chi connectivity index (χ1n) is 5.66. The highest BCUT2D eigenvalue weighted by atomic mass is 16.4. The van der Waals surface area contributed by atoms with Gasteiger partial charge in [0.05, 0.1) is 0 Å². The fourth-order valence-electron chi connectivity index (χ4n) is 1.61. The Morgan fingerprint density at radius 2 is 1.95 bits per heavy atom. The number of carbonyl (C=O) groups excluding carboxylic acids is 2. The van der Waals surface area contributed by atoms with Crippen LogP contribution in [-0.2, 0) is 9.59 Å². The molecule has 0 atom stereocenters. The van der Waals surface area contributed by atoms with Crippen LogP contribution < -0.4 is 5.32 Å². The lowest BCUT2D eigenvalue weighted by molar-refractivity contribution is -0.137. The number of likely N-dealkylation sites (N-methyl/N-ethyl adjacent to an activating group) is 1. The summed E-state index contributed by atoms with van der Waals surface area (Å²) in [6.07, 6.45) is 0. The highest BCUT2D eigenvalue weighted by Crippen LogP contribution is 2.17. The predicted octanol–water partition coefficient (Wildman–Crippen LogP) is 1.11. The normalized spacial score (nSPS) is 9.84. The number of amides is 2. The smallest absolute Gasteiger partial charge is 0.323 e. The Morgan fingerprint density at radius 3 is 2.47 bits per heavy atom. The summed E-state index contributed by atoms with van der Waals surface area (Å²) in [7, 11) is 1.42. The topological polar surface area (TPSA) is 86.7 Å². The van der Waals surface area contributed by atoms with Gasteiger partial charge in [-0.25, -0.2) is 0 Å². The molecule has 2 amide bonds. The lowest BCUT2D eigenvalue weighted by Gasteiger charge is -2.16. The van der Waals surface area contributed by atoms with Crippen LogP contribution in [0.4, 0.5) is 5.69 Å². The number of nitrogens with zero attached hydrogens (tertiary/aromatic N) is 1. The van der Waals surface area contributed by atoms with Crippen LogP contribution in [-0.4, -0.2) is 41.4 Å². The molecule has 0 radical (unpaired) electrons. The number of anilines is 1. The SMILES string of the molecule is CC(=O)Nc1ccc(C)c(C(=O)N(C)CC(=O)O)c1. The quantitative estimate of drug-likeness (QED) is 0.852. The van der Waals surface area contributed by atoms with Gasteiger partial charge in [0.15, 0.2) is 0 Å². The van der Waals surface area contributed by atoms with E-state index in [1.165, 1.54) is 20.0 Å². The third-order valence-electron chi connectivity index (χ3n) is 2.51. The number of rotatable bonds is 4. The van der Waals surface area contributed by atoms with E-state index < -0.39 is 11.9 Å². The molecule has 0 spiro atoms. The number of nitrogens with one attached hydrogen (secondary N) is 1. The number of aryl methyl sites for hydroxylation is 1. The van der Waals surface area contributed by atoms with Gasteiger partial charge in [-0.3, -0.25) is 14.4 Å². The molecule has 0 fully saturated rings. The monoisotopic (exact) mass is 264 g/mol. The van der Waals surface area contributed by atoms with E-state index in [1.807, 2.05) is 0 Å². The first kappa shape index (κ1) is 14.7. The van der Waals surface area contributed by atoms with E-state index in [9.17, 15) is 14.4 Å². The largest absolute Gasteiger partial charge is 0.480 e. The van der Waals surface area contributed by atoms with Crippen molar-refractivity contribution in [2.75, 3.05) is 18.9 Å². The summed E-state index contributed by atoms with van der Waals surface area (Å²) in [4.78, 5) is 34.8. The summed E-state index contributed by atoms with van der Waals surface area (Å²) in [6.45, 7) is 2.75. The molecular formula is C13H16N2O4. The molecule has 0 saturated carbocycles. The van der Waals surface area contributed by atoms with Gasteiger partial charge in [0.2, 0.25) is 5.91 Å². The summed E-state index contributed by atoms with van der Waals surface area (Å²) in [5.41, 5.74) is 1.59. The van der Waals surface area contributed by atoms with E-state index in [1.54, 1.807) is 19.1 Å². The van der Waals surface area contributed by atoms with Crippen molar-refractivity contribution in [3.8, 4) is 0 Å². The summed E-state index contributed by atoms with van der Waals surface area (Å²) < 4.78 is 0. The second-order valence-electron chi connectivity index (χ2n) is 4.27. The number of hydrogen-bond donors (Lipinski definition) is 2. The Hall–Kier alpha value is -2.37. The minimum absolute atomic E-state index is 0.235. The fourth-order valence-corrected chi connectivity index (χ4v) is 1.61. The van der Waals surface area contributed by atoms with E-state index in [4.69, 9.17) is 5.11 Å². The molecular weight excluding hydrogens is 248 g/mol. The van der Waals surface area contributed by atoms with Crippen LogP contribution in [0.15, 0.2) is 18.2 Å². The first-order chi connectivity index (χ1) is 8.81. The fraction of sp³-hybridized carbons (Fsp3) is 0.308. The average Bonchev–Trinajstić information content (AvgIpc) is 2.29. The second-order valence-corrected chi connectivity index (χ2v) is 4.27. The Morgan fingerprint density at radius 1 is 1.32 bits per heavy atom. The number of carbonyl (C=O) groups is 3. The molecule has 0 unspecified atom stereocenters. The molecule has 2 N–H and O–H groups in total. The Bertz CT molecular complexity index is 525. The van der Waals surface area contributed by atoms with Crippen molar-refractivity contribution >= 4 is 23.5 Å². The maximum Gasteiger partial charge on any atom is 0.323 e. The van der Waals surface area contributed by atoms with E-state index in [-0.39, 0.29) is 12.5 Å². The zero-order valence-electron chi connectivity index (χ0n) is 11.1. The number of hydrogen-bond acceptors (Lipinski definition) is 3. The van der Waals surface area contributed by atoms with Crippen molar-refractivity contribution in [1.29, 1.82) is 0 Å². The zero-order valence-corrected chi connectivity index (χ0v) is 11.1. The first-order valence-corrected chi connectivity index (χ1v) is 5.66. The molecule has 0 heterocycles. The van der Waals surface area contributed by atoms with Gasteiger partial charge in [-0.15, -0.1) is 0 Å². The molecule has 19 heavy (non-hydrogen) atoms. The van der Waals surface area contributed by atoms with Gasteiger partial charge in [0.25, 0.3) is 5.91 Å². The lowest BCUT2D eigenvalue weighted by Crippen LogP contribution is -2.32. The molecule has 0 aromatic heterocycles. The number of benzene rings is 1. The Kier molecular flexibility index (Phi) is 4.63. The van der Waals surface area contributed by atoms with Gasteiger partial charge >= 0.3 is 5.97 Å². The van der Waals surface area contributed by atoms with Gasteiger partial charge in [-0.05, 0) is 24.6 Å².